The summed E-state index contributed by atoms with van der Waals surface area (Å²) in [6.45, 7) is 0.866. The van der Waals surface area contributed by atoms with Gasteiger partial charge in [-0.05, 0) is 30.3 Å². The van der Waals surface area contributed by atoms with Gasteiger partial charge in [0.2, 0.25) is 6.41 Å². The van der Waals surface area contributed by atoms with Gasteiger partial charge in [-0.2, -0.15) is 0 Å². The normalized spacial score (nSPS) is 12.4. The monoisotopic (exact) mass is 366 g/mol. The maximum atomic E-state index is 12.4. The number of nitrogens with one attached hydrogen (secondary N) is 1. The van der Waals surface area contributed by atoms with Gasteiger partial charge in [0.15, 0.2) is 11.5 Å². The fraction of sp³-hybridized carbons (Fsp3) is 0.125. The molecule has 6 nitrogen and oxygen atoms in total. The lowest BCUT2D eigenvalue weighted by Gasteiger charge is -2.21. The highest BCUT2D eigenvalue weighted by Gasteiger charge is 2.19. The number of carbonyl (C=O) groups excluding carboxylic acids is 2. The van der Waals surface area contributed by atoms with Crippen LogP contribution >= 0.6 is 23.2 Å². The van der Waals surface area contributed by atoms with Crippen molar-refractivity contribution in [2.24, 2.45) is 0 Å². The molecule has 1 heterocycles. The van der Waals surface area contributed by atoms with Crippen molar-refractivity contribution in [1.82, 2.24) is 0 Å². The largest absolute Gasteiger partial charge is 0.486 e. The number of hydrogen-bond donors (Lipinski definition) is 1. The number of rotatable bonds is 3. The van der Waals surface area contributed by atoms with Gasteiger partial charge in [0.25, 0.3) is 0 Å². The van der Waals surface area contributed by atoms with Crippen molar-refractivity contribution in [1.29, 1.82) is 0 Å². The Bertz CT molecular complexity index is 777. The van der Waals surface area contributed by atoms with Crippen LogP contribution in [0.4, 0.5) is 16.2 Å². The molecular weight excluding hydrogens is 355 g/mol. The second kappa shape index (κ2) is 6.98. The lowest BCUT2D eigenvalue weighted by atomic mass is 10.2. The minimum atomic E-state index is -0.653. The number of amides is 3. The third-order valence-corrected chi connectivity index (χ3v) is 3.68. The van der Waals surface area contributed by atoms with Crippen LogP contribution < -0.4 is 19.7 Å². The summed E-state index contributed by atoms with van der Waals surface area (Å²) in [7, 11) is 0. The lowest BCUT2D eigenvalue weighted by molar-refractivity contribution is -0.106. The number of benzene rings is 2. The van der Waals surface area contributed by atoms with E-state index in [0.29, 0.717) is 52.5 Å². The third-order valence-electron chi connectivity index (χ3n) is 3.24. The molecule has 1 aliphatic rings. The average molecular weight is 367 g/mol. The molecular formula is C16H12Cl2N2O4. The van der Waals surface area contributed by atoms with Crippen LogP contribution in [0.2, 0.25) is 10.0 Å². The second-order valence-electron chi connectivity index (χ2n) is 4.89. The van der Waals surface area contributed by atoms with E-state index < -0.39 is 6.03 Å². The number of anilines is 2. The summed E-state index contributed by atoms with van der Waals surface area (Å²) in [5.74, 6) is 1.04. The van der Waals surface area contributed by atoms with Crippen molar-refractivity contribution in [2.75, 3.05) is 23.4 Å². The zero-order chi connectivity index (χ0) is 17.1. The Hall–Kier alpha value is -2.44. The Kier molecular flexibility index (Phi) is 4.78. The van der Waals surface area contributed by atoms with Gasteiger partial charge in [-0.25, -0.2) is 9.69 Å². The number of carbonyl (C=O) groups is 2. The lowest BCUT2D eigenvalue weighted by Crippen LogP contribution is -2.33. The number of imide groups is 1. The molecule has 0 radical (unpaired) electrons. The molecule has 0 saturated carbocycles. The Morgan fingerprint density at radius 2 is 1.71 bits per heavy atom. The van der Waals surface area contributed by atoms with E-state index in [0.717, 1.165) is 4.90 Å². The van der Waals surface area contributed by atoms with Crippen molar-refractivity contribution >= 4 is 47.0 Å². The van der Waals surface area contributed by atoms with Crippen LogP contribution in [-0.2, 0) is 4.79 Å². The van der Waals surface area contributed by atoms with E-state index in [1.54, 1.807) is 18.2 Å². The number of hydrogen-bond acceptors (Lipinski definition) is 4. The first kappa shape index (κ1) is 16.4. The Morgan fingerprint density at radius 1 is 1.04 bits per heavy atom. The predicted molar refractivity (Wildman–Crippen MR) is 91.5 cm³/mol. The van der Waals surface area contributed by atoms with E-state index in [9.17, 15) is 9.59 Å². The van der Waals surface area contributed by atoms with Gasteiger partial charge in [0.1, 0.15) is 13.2 Å². The number of ether oxygens (including phenoxy) is 2. The highest BCUT2D eigenvalue weighted by Crippen LogP contribution is 2.34. The molecule has 0 atom stereocenters. The van der Waals surface area contributed by atoms with Gasteiger partial charge < -0.3 is 14.8 Å². The highest BCUT2D eigenvalue weighted by molar-refractivity contribution is 6.35. The van der Waals surface area contributed by atoms with Crippen LogP contribution in [0.5, 0.6) is 11.5 Å². The van der Waals surface area contributed by atoms with Crippen molar-refractivity contribution in [3.63, 3.8) is 0 Å². The maximum Gasteiger partial charge on any atom is 0.332 e. The first-order chi connectivity index (χ1) is 11.6. The third kappa shape index (κ3) is 3.55. The van der Waals surface area contributed by atoms with Crippen molar-refractivity contribution < 1.29 is 19.1 Å². The van der Waals surface area contributed by atoms with Crippen molar-refractivity contribution in [3.8, 4) is 11.5 Å². The molecule has 0 aliphatic carbocycles. The molecule has 3 amide bonds. The van der Waals surface area contributed by atoms with Crippen LogP contribution in [0.25, 0.3) is 0 Å². The van der Waals surface area contributed by atoms with Crippen LogP contribution in [0.3, 0.4) is 0 Å². The molecule has 8 heteroatoms. The quantitative estimate of drug-likeness (QED) is 0.834. The summed E-state index contributed by atoms with van der Waals surface area (Å²) in [6, 6.07) is 8.73. The molecule has 2 aromatic carbocycles. The Labute approximate surface area is 147 Å². The first-order valence-electron chi connectivity index (χ1n) is 6.98. The first-order valence-corrected chi connectivity index (χ1v) is 7.73. The highest BCUT2D eigenvalue weighted by atomic mass is 35.5. The Morgan fingerprint density at radius 3 is 2.38 bits per heavy atom. The van der Waals surface area contributed by atoms with Crippen LogP contribution in [-0.4, -0.2) is 25.7 Å². The molecule has 2 aromatic rings. The number of nitrogens with zero attached hydrogens (tertiary/aromatic N) is 1. The fourth-order valence-electron chi connectivity index (χ4n) is 2.22. The molecule has 0 spiro atoms. The van der Waals surface area contributed by atoms with E-state index in [2.05, 4.69) is 5.32 Å². The smallest absolute Gasteiger partial charge is 0.332 e. The minimum absolute atomic E-state index is 0.347. The van der Waals surface area contributed by atoms with Crippen LogP contribution in [0.1, 0.15) is 0 Å². The summed E-state index contributed by atoms with van der Waals surface area (Å²) in [5.41, 5.74) is 0.724. The van der Waals surface area contributed by atoms with E-state index >= 15 is 0 Å². The SMILES string of the molecule is O=CN(C(=O)Nc1cc(Cl)cc(Cl)c1)c1ccc2c(c1)OCCO2. The van der Waals surface area contributed by atoms with Gasteiger partial charge in [0.05, 0.1) is 5.69 Å². The van der Waals surface area contributed by atoms with E-state index in [1.165, 1.54) is 18.2 Å². The molecule has 0 unspecified atom stereocenters. The molecule has 24 heavy (non-hydrogen) atoms. The molecule has 1 aliphatic heterocycles. The number of urea groups is 1. The molecule has 3 rings (SSSR count). The average Bonchev–Trinajstić information content (AvgIpc) is 2.54. The zero-order valence-corrected chi connectivity index (χ0v) is 13.8. The minimum Gasteiger partial charge on any atom is -0.486 e. The summed E-state index contributed by atoms with van der Waals surface area (Å²) >= 11 is 11.8. The zero-order valence-electron chi connectivity index (χ0n) is 12.3. The second-order valence-corrected chi connectivity index (χ2v) is 5.76. The maximum absolute atomic E-state index is 12.4. The van der Waals surface area contributed by atoms with Gasteiger partial charge in [0, 0.05) is 21.8 Å². The van der Waals surface area contributed by atoms with Crippen LogP contribution in [0.15, 0.2) is 36.4 Å². The van der Waals surface area contributed by atoms with Crippen molar-refractivity contribution in [2.45, 2.75) is 0 Å². The van der Waals surface area contributed by atoms with E-state index in [-0.39, 0.29) is 0 Å². The topological polar surface area (TPSA) is 67.9 Å². The van der Waals surface area contributed by atoms with Gasteiger partial charge >= 0.3 is 6.03 Å². The molecule has 0 saturated heterocycles. The molecule has 0 bridgehead atoms. The number of fused-ring (bicyclic) bond motifs is 1. The standard InChI is InChI=1S/C16H12Cl2N2O4/c17-10-5-11(18)7-12(6-10)19-16(22)20(9-21)13-1-2-14-15(8-13)24-4-3-23-14/h1-2,5-9H,3-4H2,(H,19,22). The van der Waals surface area contributed by atoms with E-state index in [4.69, 9.17) is 32.7 Å². The summed E-state index contributed by atoms with van der Waals surface area (Å²) in [4.78, 5) is 24.6. The Balaban J connectivity index is 1.82. The fourth-order valence-corrected chi connectivity index (χ4v) is 2.74. The van der Waals surface area contributed by atoms with Gasteiger partial charge in [-0.3, -0.25) is 4.79 Å². The van der Waals surface area contributed by atoms with Gasteiger partial charge in [-0.15, -0.1) is 0 Å². The molecule has 0 fully saturated rings. The van der Waals surface area contributed by atoms with Crippen molar-refractivity contribution in [3.05, 3.63) is 46.4 Å². The summed E-state index contributed by atoms with van der Waals surface area (Å²) in [5, 5.41) is 3.31. The molecule has 1 N–H and O–H groups in total. The summed E-state index contributed by atoms with van der Waals surface area (Å²) in [6.07, 6.45) is 0.410. The predicted octanol–water partition coefficient (Wildman–Crippen LogP) is 3.96. The number of halogens is 2. The summed E-state index contributed by atoms with van der Waals surface area (Å²) < 4.78 is 10.9. The van der Waals surface area contributed by atoms with E-state index in [1.807, 2.05) is 0 Å². The molecule has 124 valence electrons. The molecule has 0 aromatic heterocycles. The van der Waals surface area contributed by atoms with Crippen LogP contribution in [0, 0.1) is 0 Å². The van der Waals surface area contributed by atoms with Gasteiger partial charge in [-0.1, -0.05) is 23.2 Å².